The zero-order valence-electron chi connectivity index (χ0n) is 13.6. The van der Waals surface area contributed by atoms with Gasteiger partial charge in [0.1, 0.15) is 0 Å². The zero-order valence-corrected chi connectivity index (χ0v) is 13.6. The predicted molar refractivity (Wildman–Crippen MR) is 81.6 cm³/mol. The minimum absolute atomic E-state index is 0.0932. The van der Waals surface area contributed by atoms with Crippen molar-refractivity contribution in [3.8, 4) is 0 Å². The van der Waals surface area contributed by atoms with Gasteiger partial charge in [0.05, 0.1) is 12.4 Å². The molecule has 114 valence electrons. The highest BCUT2D eigenvalue weighted by molar-refractivity contribution is 5.09. The molecule has 0 saturated carbocycles. The Kier molecular flexibility index (Phi) is 4.81. The molecule has 5 heteroatoms. The van der Waals surface area contributed by atoms with E-state index in [9.17, 15) is 0 Å². The SMILES string of the molecule is CC(C)C(C)(C)c1cn(CCCN2CCN(C)C2)nn1. The smallest absolute Gasteiger partial charge is 0.0885 e. The van der Waals surface area contributed by atoms with Crippen LogP contribution in [0.25, 0.3) is 0 Å². The zero-order chi connectivity index (χ0) is 14.8. The number of hydrogen-bond donors (Lipinski definition) is 0. The van der Waals surface area contributed by atoms with E-state index in [0.717, 1.165) is 31.9 Å². The van der Waals surface area contributed by atoms with Crippen LogP contribution in [0.1, 0.15) is 39.8 Å². The van der Waals surface area contributed by atoms with E-state index < -0.39 is 0 Å². The molecule has 0 bridgehead atoms. The molecule has 1 saturated heterocycles. The third-order valence-electron chi connectivity index (χ3n) is 4.74. The van der Waals surface area contributed by atoms with Crippen LogP contribution < -0.4 is 0 Å². The highest BCUT2D eigenvalue weighted by atomic mass is 15.4. The molecule has 20 heavy (non-hydrogen) atoms. The molecular weight excluding hydrogens is 250 g/mol. The fraction of sp³-hybridized carbons (Fsp3) is 0.867. The molecule has 5 nitrogen and oxygen atoms in total. The molecule has 1 fully saturated rings. The maximum Gasteiger partial charge on any atom is 0.0885 e. The molecule has 0 amide bonds. The summed E-state index contributed by atoms with van der Waals surface area (Å²) in [5.74, 6) is 0.563. The third-order valence-corrected chi connectivity index (χ3v) is 4.74. The van der Waals surface area contributed by atoms with Crippen molar-refractivity contribution in [2.45, 2.75) is 46.1 Å². The lowest BCUT2D eigenvalue weighted by molar-refractivity contribution is 0.266. The molecule has 0 atom stereocenters. The second-order valence-electron chi connectivity index (χ2n) is 6.94. The molecule has 2 rings (SSSR count). The Morgan fingerprint density at radius 1 is 1.25 bits per heavy atom. The summed E-state index contributed by atoms with van der Waals surface area (Å²) < 4.78 is 2.00. The second kappa shape index (κ2) is 6.22. The van der Waals surface area contributed by atoms with Gasteiger partial charge in [-0.05, 0) is 19.4 Å². The van der Waals surface area contributed by atoms with E-state index in [1.807, 2.05) is 4.68 Å². The van der Waals surface area contributed by atoms with Gasteiger partial charge in [0, 0.05) is 37.8 Å². The van der Waals surface area contributed by atoms with E-state index >= 15 is 0 Å². The van der Waals surface area contributed by atoms with Crippen LogP contribution >= 0.6 is 0 Å². The number of aromatic nitrogens is 3. The first kappa shape index (κ1) is 15.4. The summed E-state index contributed by atoms with van der Waals surface area (Å²) in [5, 5.41) is 8.64. The standard InChI is InChI=1S/C15H29N5/c1-13(2)15(3,4)14-11-20(17-16-14)8-6-7-19-10-9-18(5)12-19/h11,13H,6-10,12H2,1-5H3. The summed E-state index contributed by atoms with van der Waals surface area (Å²) in [6.45, 7) is 14.6. The maximum atomic E-state index is 4.36. The first-order valence-corrected chi connectivity index (χ1v) is 7.71. The Morgan fingerprint density at radius 3 is 2.60 bits per heavy atom. The highest BCUT2D eigenvalue weighted by Gasteiger charge is 2.27. The van der Waals surface area contributed by atoms with Crippen molar-refractivity contribution >= 4 is 0 Å². The van der Waals surface area contributed by atoms with E-state index in [1.54, 1.807) is 0 Å². The maximum absolute atomic E-state index is 4.36. The highest BCUT2D eigenvalue weighted by Crippen LogP contribution is 2.29. The fourth-order valence-electron chi connectivity index (χ4n) is 2.43. The quantitative estimate of drug-likeness (QED) is 0.796. The molecule has 0 N–H and O–H groups in total. The summed E-state index contributed by atoms with van der Waals surface area (Å²) >= 11 is 0. The van der Waals surface area contributed by atoms with Crippen LogP contribution in [0.4, 0.5) is 0 Å². The molecule has 1 aromatic rings. The van der Waals surface area contributed by atoms with Gasteiger partial charge in [-0.3, -0.25) is 14.5 Å². The molecule has 0 aliphatic carbocycles. The van der Waals surface area contributed by atoms with Gasteiger partial charge >= 0.3 is 0 Å². The van der Waals surface area contributed by atoms with E-state index in [1.165, 1.54) is 13.1 Å². The third kappa shape index (κ3) is 3.58. The number of hydrogen-bond acceptors (Lipinski definition) is 4. The van der Waals surface area contributed by atoms with Gasteiger partial charge in [-0.2, -0.15) is 0 Å². The van der Waals surface area contributed by atoms with Crippen molar-refractivity contribution in [3.63, 3.8) is 0 Å². The van der Waals surface area contributed by atoms with Gasteiger partial charge in [-0.1, -0.05) is 32.9 Å². The van der Waals surface area contributed by atoms with Gasteiger partial charge in [-0.15, -0.1) is 5.10 Å². The Bertz CT molecular complexity index is 424. The second-order valence-corrected chi connectivity index (χ2v) is 6.94. The number of nitrogens with zero attached hydrogens (tertiary/aromatic N) is 5. The fourth-order valence-corrected chi connectivity index (χ4v) is 2.43. The van der Waals surface area contributed by atoms with Crippen molar-refractivity contribution < 1.29 is 0 Å². The van der Waals surface area contributed by atoms with Crippen molar-refractivity contribution in [2.24, 2.45) is 5.92 Å². The molecule has 1 aliphatic heterocycles. The Balaban J connectivity index is 1.81. The predicted octanol–water partition coefficient (Wildman–Crippen LogP) is 1.81. The summed E-state index contributed by atoms with van der Waals surface area (Å²) in [5.41, 5.74) is 1.20. The van der Waals surface area contributed by atoms with Crippen LogP contribution in [-0.2, 0) is 12.0 Å². The average Bonchev–Trinajstić information content (AvgIpc) is 2.99. The van der Waals surface area contributed by atoms with E-state index in [2.05, 4.69) is 61.1 Å². The van der Waals surface area contributed by atoms with Crippen molar-refractivity contribution in [2.75, 3.05) is 33.4 Å². The lowest BCUT2D eigenvalue weighted by Crippen LogP contribution is -2.25. The molecule has 2 heterocycles. The van der Waals surface area contributed by atoms with Crippen LogP contribution in [-0.4, -0.2) is 58.1 Å². The van der Waals surface area contributed by atoms with E-state index in [-0.39, 0.29) is 5.41 Å². The topological polar surface area (TPSA) is 37.2 Å². The summed E-state index contributed by atoms with van der Waals surface area (Å²) in [6, 6.07) is 0. The number of likely N-dealkylation sites (N-methyl/N-ethyl adjacent to an activating group) is 1. The molecule has 1 aliphatic rings. The van der Waals surface area contributed by atoms with Crippen molar-refractivity contribution in [3.05, 3.63) is 11.9 Å². The van der Waals surface area contributed by atoms with Gasteiger partial charge in [-0.25, -0.2) is 0 Å². The Morgan fingerprint density at radius 2 is 2.00 bits per heavy atom. The average molecular weight is 279 g/mol. The van der Waals surface area contributed by atoms with E-state index in [0.29, 0.717) is 5.92 Å². The van der Waals surface area contributed by atoms with Gasteiger partial charge in [0.15, 0.2) is 0 Å². The number of rotatable bonds is 6. The number of aryl methyl sites for hydroxylation is 1. The summed E-state index contributed by atoms with van der Waals surface area (Å²) in [4.78, 5) is 4.86. The molecule has 1 aromatic heterocycles. The molecule has 0 spiro atoms. The molecule has 0 aromatic carbocycles. The first-order chi connectivity index (χ1) is 9.39. The van der Waals surface area contributed by atoms with Crippen LogP contribution in [0.3, 0.4) is 0 Å². The van der Waals surface area contributed by atoms with Crippen LogP contribution in [0.2, 0.25) is 0 Å². The largest absolute Gasteiger partial charge is 0.292 e. The summed E-state index contributed by atoms with van der Waals surface area (Å²) in [7, 11) is 2.18. The first-order valence-electron chi connectivity index (χ1n) is 7.71. The Hall–Kier alpha value is -0.940. The van der Waals surface area contributed by atoms with Crippen LogP contribution in [0, 0.1) is 5.92 Å². The lowest BCUT2D eigenvalue weighted by atomic mass is 9.79. The monoisotopic (exact) mass is 279 g/mol. The summed E-state index contributed by atoms with van der Waals surface area (Å²) in [6.07, 6.45) is 3.26. The van der Waals surface area contributed by atoms with Gasteiger partial charge in [0.2, 0.25) is 0 Å². The Labute approximate surface area is 122 Å². The van der Waals surface area contributed by atoms with Gasteiger partial charge < -0.3 is 0 Å². The van der Waals surface area contributed by atoms with E-state index in [4.69, 9.17) is 0 Å². The lowest BCUT2D eigenvalue weighted by Gasteiger charge is -2.26. The van der Waals surface area contributed by atoms with Crippen LogP contribution in [0.5, 0.6) is 0 Å². The van der Waals surface area contributed by atoms with Crippen LogP contribution in [0.15, 0.2) is 6.20 Å². The van der Waals surface area contributed by atoms with Crippen molar-refractivity contribution in [1.29, 1.82) is 0 Å². The molecular formula is C15H29N5. The van der Waals surface area contributed by atoms with Gasteiger partial charge in [0.25, 0.3) is 0 Å². The normalized spacial score (nSPS) is 18.3. The minimum atomic E-state index is 0.0932. The van der Waals surface area contributed by atoms with Crippen molar-refractivity contribution in [1.82, 2.24) is 24.8 Å². The minimum Gasteiger partial charge on any atom is -0.292 e. The molecule has 0 radical (unpaired) electrons. The molecule has 0 unspecified atom stereocenters.